The smallest absolute Gasteiger partial charge is 0.227 e. The van der Waals surface area contributed by atoms with Crippen molar-refractivity contribution >= 4 is 12.6 Å². The molecule has 6 heteroatoms. The lowest BCUT2D eigenvalue weighted by molar-refractivity contribution is -0.0979. The molecule has 0 saturated heterocycles. The minimum absolute atomic E-state index is 0.519. The van der Waals surface area contributed by atoms with Crippen LogP contribution in [-0.4, -0.2) is 12.6 Å². The summed E-state index contributed by atoms with van der Waals surface area (Å²) in [7, 11) is 0. The van der Waals surface area contributed by atoms with Crippen molar-refractivity contribution in [3.63, 3.8) is 0 Å². The van der Waals surface area contributed by atoms with Gasteiger partial charge in [0.05, 0.1) is 6.20 Å². The lowest BCUT2D eigenvalue weighted by Crippen LogP contribution is -1.83. The van der Waals surface area contributed by atoms with Gasteiger partial charge in [0.2, 0.25) is 5.84 Å². The number of nitrogens with zero attached hydrogens (tertiary/aromatic N) is 5. The lowest BCUT2D eigenvalue weighted by atomic mass is 10.5. The number of carbonyl (C=O) groups is 1. The first-order chi connectivity index (χ1) is 4.97. The molecule has 2 aliphatic rings. The molecular weight excluding hydrogens is 134 g/mol. The van der Waals surface area contributed by atoms with Crippen LogP contribution in [0.25, 0.3) is 0 Å². The standard InChI is InChI=1S/C3HN5.CH2O/c1-2-3(6-4-1)7-8-5-2;1-2/h1H;1H2. The fraction of sp³-hybridized carbons (Fsp3) is 0. The highest BCUT2D eigenvalue weighted by Crippen LogP contribution is 2.15. The molecule has 0 radical (unpaired) electrons. The number of rotatable bonds is 0. The van der Waals surface area contributed by atoms with Crippen LogP contribution >= 0.6 is 0 Å². The van der Waals surface area contributed by atoms with E-state index in [0.717, 1.165) is 0 Å². The monoisotopic (exact) mass is 137 g/mol. The number of hydrogen-bond donors (Lipinski definition) is 0. The van der Waals surface area contributed by atoms with E-state index in [-0.39, 0.29) is 0 Å². The number of hydrogen-bond acceptors (Lipinski definition) is 6. The van der Waals surface area contributed by atoms with E-state index in [9.17, 15) is 0 Å². The van der Waals surface area contributed by atoms with E-state index in [0.29, 0.717) is 11.5 Å². The van der Waals surface area contributed by atoms with E-state index in [1.54, 1.807) is 0 Å². The molecule has 0 aromatic carbocycles. The van der Waals surface area contributed by atoms with Crippen molar-refractivity contribution < 1.29 is 4.79 Å². The topological polar surface area (TPSA) is 78.9 Å². The van der Waals surface area contributed by atoms with E-state index in [4.69, 9.17) is 4.79 Å². The normalized spacial score (nSPS) is 17.2. The van der Waals surface area contributed by atoms with Gasteiger partial charge < -0.3 is 4.79 Å². The van der Waals surface area contributed by atoms with Crippen LogP contribution in [0.5, 0.6) is 0 Å². The van der Waals surface area contributed by atoms with Crippen molar-refractivity contribution in [3.8, 4) is 0 Å². The third-order valence-corrected chi connectivity index (χ3v) is 0.853. The average Bonchev–Trinajstić information content (AvgIpc) is 2.49. The van der Waals surface area contributed by atoms with Gasteiger partial charge in [-0.3, -0.25) is 0 Å². The summed E-state index contributed by atoms with van der Waals surface area (Å²) in [5.41, 5.74) is 0.657. The van der Waals surface area contributed by atoms with E-state index in [2.05, 4.69) is 25.7 Å². The Morgan fingerprint density at radius 1 is 1.30 bits per heavy atom. The van der Waals surface area contributed by atoms with Crippen molar-refractivity contribution in [1.82, 2.24) is 0 Å². The van der Waals surface area contributed by atoms with Gasteiger partial charge in [-0.2, -0.15) is 5.11 Å². The molecule has 2 rings (SSSR count). The highest BCUT2D eigenvalue weighted by molar-refractivity contribution is 6.00. The molecule has 0 aliphatic carbocycles. The Morgan fingerprint density at radius 2 is 2.10 bits per heavy atom. The predicted octanol–water partition coefficient (Wildman–Crippen LogP) is 0.888. The first-order valence-corrected chi connectivity index (χ1v) is 2.36. The molecule has 10 heavy (non-hydrogen) atoms. The van der Waals surface area contributed by atoms with Gasteiger partial charge in [0.15, 0.2) is 5.70 Å². The van der Waals surface area contributed by atoms with E-state index >= 15 is 0 Å². The molecule has 0 fully saturated rings. The molecule has 0 aromatic heterocycles. The number of amidine groups is 1. The highest BCUT2D eigenvalue weighted by Gasteiger charge is 2.14. The maximum Gasteiger partial charge on any atom is 0.227 e. The third kappa shape index (κ3) is 0.859. The minimum Gasteiger partial charge on any atom is -0.307 e. The van der Waals surface area contributed by atoms with Crippen molar-refractivity contribution in [1.29, 1.82) is 0 Å². The fourth-order valence-corrected chi connectivity index (χ4v) is 0.502. The predicted molar refractivity (Wildman–Crippen MR) is 32.4 cm³/mol. The molecule has 0 unspecified atom stereocenters. The molecule has 0 N–H and O–H groups in total. The van der Waals surface area contributed by atoms with Crippen molar-refractivity contribution in [3.05, 3.63) is 11.9 Å². The maximum atomic E-state index is 8.00. The van der Waals surface area contributed by atoms with Crippen molar-refractivity contribution in [2.24, 2.45) is 25.7 Å². The van der Waals surface area contributed by atoms with Crippen LogP contribution in [0.2, 0.25) is 0 Å². The molecule has 0 amide bonds. The Labute approximate surface area is 56.1 Å². The van der Waals surface area contributed by atoms with Crippen molar-refractivity contribution in [2.75, 3.05) is 0 Å². The van der Waals surface area contributed by atoms with Gasteiger partial charge in [-0.25, -0.2) is 0 Å². The first-order valence-electron chi connectivity index (χ1n) is 2.36. The maximum absolute atomic E-state index is 8.00. The Kier molecular flexibility index (Phi) is 1.74. The number of fused-ring (bicyclic) bond motifs is 1. The van der Waals surface area contributed by atoms with Gasteiger partial charge in [0, 0.05) is 0 Å². The fourth-order valence-electron chi connectivity index (χ4n) is 0.502. The summed E-state index contributed by atoms with van der Waals surface area (Å²) in [5, 5.41) is 17.6. The van der Waals surface area contributed by atoms with Crippen LogP contribution in [0.15, 0.2) is 37.6 Å². The van der Waals surface area contributed by atoms with E-state index < -0.39 is 0 Å². The molecule has 2 aliphatic heterocycles. The van der Waals surface area contributed by atoms with Crippen molar-refractivity contribution in [2.45, 2.75) is 0 Å². The summed E-state index contributed by atoms with van der Waals surface area (Å²) in [4.78, 5) is 8.00. The minimum atomic E-state index is 0.519. The zero-order chi connectivity index (χ0) is 7.40. The molecule has 50 valence electrons. The zero-order valence-electron chi connectivity index (χ0n) is 4.93. The zero-order valence-corrected chi connectivity index (χ0v) is 4.93. The van der Waals surface area contributed by atoms with Crippen LogP contribution in [0.4, 0.5) is 0 Å². The van der Waals surface area contributed by atoms with Gasteiger partial charge in [0.1, 0.15) is 6.79 Å². The van der Waals surface area contributed by atoms with Gasteiger partial charge in [-0.1, -0.05) is 0 Å². The van der Waals surface area contributed by atoms with Crippen LogP contribution in [0.1, 0.15) is 0 Å². The second kappa shape index (κ2) is 2.72. The lowest BCUT2D eigenvalue weighted by Gasteiger charge is -1.73. The quantitative estimate of drug-likeness (QED) is 0.488. The second-order valence-electron chi connectivity index (χ2n) is 1.34. The molecule has 2 heterocycles. The van der Waals surface area contributed by atoms with Gasteiger partial charge >= 0.3 is 0 Å². The van der Waals surface area contributed by atoms with Gasteiger partial charge in [-0.15, -0.1) is 15.3 Å². The Morgan fingerprint density at radius 3 is 2.80 bits per heavy atom. The largest absolute Gasteiger partial charge is 0.307 e. The van der Waals surface area contributed by atoms with E-state index in [1.165, 1.54) is 6.20 Å². The third-order valence-electron chi connectivity index (χ3n) is 0.853. The Balaban J connectivity index is 0.000000231. The van der Waals surface area contributed by atoms with Crippen LogP contribution in [-0.2, 0) is 4.79 Å². The summed E-state index contributed by atoms with van der Waals surface area (Å²) in [5.74, 6) is 0.519. The molecule has 6 nitrogen and oxygen atoms in total. The van der Waals surface area contributed by atoms with Gasteiger partial charge in [0.25, 0.3) is 0 Å². The second-order valence-corrected chi connectivity index (χ2v) is 1.34. The summed E-state index contributed by atoms with van der Waals surface area (Å²) in [6.07, 6.45) is 1.52. The summed E-state index contributed by atoms with van der Waals surface area (Å²) >= 11 is 0. The highest BCUT2D eigenvalue weighted by atomic mass is 16.1. The molecule has 0 saturated carbocycles. The summed E-state index contributed by atoms with van der Waals surface area (Å²) in [6.45, 7) is 2.00. The first kappa shape index (κ1) is 6.40. The Hall–Kier alpha value is -1.72. The molecular formula is C4H3N5O. The Bertz CT molecular complexity index is 224. The van der Waals surface area contributed by atoms with Crippen LogP contribution < -0.4 is 0 Å². The van der Waals surface area contributed by atoms with Crippen LogP contribution in [0.3, 0.4) is 0 Å². The molecule has 0 bridgehead atoms. The van der Waals surface area contributed by atoms with Crippen LogP contribution in [0, 0.1) is 0 Å². The SMILES string of the molecule is C1=C2N=NN=C2N=N1.C=O. The molecule has 0 aromatic rings. The molecule has 0 atom stereocenters. The summed E-state index contributed by atoms with van der Waals surface area (Å²) in [6, 6.07) is 0. The summed E-state index contributed by atoms with van der Waals surface area (Å²) < 4.78 is 0. The number of carbonyl (C=O) groups excluding carboxylic acids is 1. The number of azo groups is 1. The van der Waals surface area contributed by atoms with E-state index in [1.807, 2.05) is 6.79 Å². The average molecular weight is 137 g/mol. The van der Waals surface area contributed by atoms with Gasteiger partial charge in [-0.05, 0) is 5.22 Å². The molecule has 0 spiro atoms.